The van der Waals surface area contributed by atoms with Crippen molar-refractivity contribution in [3.05, 3.63) is 59.2 Å². The van der Waals surface area contributed by atoms with Crippen molar-refractivity contribution in [2.75, 3.05) is 11.9 Å². The first-order valence-corrected chi connectivity index (χ1v) is 7.64. The van der Waals surface area contributed by atoms with E-state index in [1.165, 1.54) is 29.3 Å². The number of carbonyl (C=O) groups excluding carboxylic acids is 1. The van der Waals surface area contributed by atoms with E-state index in [-0.39, 0.29) is 12.3 Å². The molecule has 0 aromatic heterocycles. The van der Waals surface area contributed by atoms with Crippen LogP contribution in [0.2, 0.25) is 0 Å². The van der Waals surface area contributed by atoms with Gasteiger partial charge in [-0.25, -0.2) is 0 Å². The van der Waals surface area contributed by atoms with Gasteiger partial charge in [0.25, 0.3) is 5.91 Å². The van der Waals surface area contributed by atoms with Crippen LogP contribution in [0.1, 0.15) is 23.1 Å². The van der Waals surface area contributed by atoms with Gasteiger partial charge in [0.15, 0.2) is 6.61 Å². The number of amides is 1. The van der Waals surface area contributed by atoms with Crippen LogP contribution in [0.15, 0.2) is 42.5 Å². The third-order valence-corrected chi connectivity index (χ3v) is 3.95. The SMILES string of the molecule is O=C(COc1ccc2c(c1)CCC2)Nc1ccccc1C(F)(F)F. The molecule has 0 radical (unpaired) electrons. The molecule has 0 atom stereocenters. The van der Waals surface area contributed by atoms with Crippen LogP contribution in [0.4, 0.5) is 18.9 Å². The Bertz CT molecular complexity index is 756. The van der Waals surface area contributed by atoms with E-state index in [1.54, 1.807) is 6.07 Å². The van der Waals surface area contributed by atoms with Crippen molar-refractivity contribution in [3.8, 4) is 5.75 Å². The molecule has 1 amide bonds. The summed E-state index contributed by atoms with van der Waals surface area (Å²) in [7, 11) is 0. The van der Waals surface area contributed by atoms with Crippen LogP contribution in [0, 0.1) is 0 Å². The van der Waals surface area contributed by atoms with Gasteiger partial charge in [0.2, 0.25) is 0 Å². The molecular weight excluding hydrogens is 319 g/mol. The van der Waals surface area contributed by atoms with Gasteiger partial charge in [0.1, 0.15) is 5.75 Å². The fourth-order valence-electron chi connectivity index (χ4n) is 2.81. The first-order valence-electron chi connectivity index (χ1n) is 7.64. The number of anilines is 1. The molecule has 24 heavy (non-hydrogen) atoms. The topological polar surface area (TPSA) is 38.3 Å². The van der Waals surface area contributed by atoms with Crippen molar-refractivity contribution in [2.24, 2.45) is 0 Å². The second kappa shape index (κ2) is 6.55. The van der Waals surface area contributed by atoms with E-state index in [2.05, 4.69) is 5.32 Å². The van der Waals surface area contributed by atoms with Gasteiger partial charge in [-0.2, -0.15) is 13.2 Å². The fraction of sp³-hybridized carbons (Fsp3) is 0.278. The summed E-state index contributed by atoms with van der Waals surface area (Å²) in [5, 5.41) is 2.26. The molecule has 0 unspecified atom stereocenters. The monoisotopic (exact) mass is 335 g/mol. The number of para-hydroxylation sites is 1. The summed E-state index contributed by atoms with van der Waals surface area (Å²) >= 11 is 0. The Morgan fingerprint density at radius 2 is 1.83 bits per heavy atom. The summed E-state index contributed by atoms with van der Waals surface area (Å²) in [6.07, 6.45) is -1.39. The fourth-order valence-corrected chi connectivity index (χ4v) is 2.81. The van der Waals surface area contributed by atoms with Crippen molar-refractivity contribution < 1.29 is 22.7 Å². The standard InChI is InChI=1S/C18H16F3NO2/c19-18(20,21)15-6-1-2-7-16(15)22-17(23)11-24-14-9-8-12-4-3-5-13(12)10-14/h1-2,6-10H,3-5,11H2,(H,22,23). The normalized spacial score (nSPS) is 13.5. The number of alkyl halides is 3. The number of carbonyl (C=O) groups is 1. The van der Waals surface area contributed by atoms with Crippen molar-refractivity contribution in [2.45, 2.75) is 25.4 Å². The maximum Gasteiger partial charge on any atom is 0.418 e. The van der Waals surface area contributed by atoms with E-state index < -0.39 is 17.6 Å². The Labute approximate surface area is 137 Å². The molecule has 3 rings (SSSR count). The average Bonchev–Trinajstić information content (AvgIpc) is 3.00. The molecule has 2 aromatic carbocycles. The third kappa shape index (κ3) is 3.69. The van der Waals surface area contributed by atoms with Crippen molar-refractivity contribution >= 4 is 11.6 Å². The minimum absolute atomic E-state index is 0.271. The summed E-state index contributed by atoms with van der Waals surface area (Å²) in [5.41, 5.74) is 1.34. The minimum atomic E-state index is -4.52. The average molecular weight is 335 g/mol. The molecule has 1 aliphatic rings. The summed E-state index contributed by atoms with van der Waals surface area (Å²) in [5.74, 6) is -0.0814. The number of hydrogen-bond donors (Lipinski definition) is 1. The Balaban J connectivity index is 1.63. The zero-order valence-corrected chi connectivity index (χ0v) is 12.8. The second-order valence-electron chi connectivity index (χ2n) is 5.66. The zero-order chi connectivity index (χ0) is 17.2. The van der Waals surface area contributed by atoms with Gasteiger partial charge in [-0.15, -0.1) is 0 Å². The van der Waals surface area contributed by atoms with Gasteiger partial charge >= 0.3 is 6.18 Å². The lowest BCUT2D eigenvalue weighted by Crippen LogP contribution is -2.22. The summed E-state index contributed by atoms with van der Waals surface area (Å²) < 4.78 is 44.1. The molecule has 0 aliphatic heterocycles. The molecule has 1 aliphatic carbocycles. The molecule has 6 heteroatoms. The lowest BCUT2D eigenvalue weighted by molar-refractivity contribution is -0.137. The summed E-state index contributed by atoms with van der Waals surface area (Å²) in [6.45, 7) is -0.342. The molecule has 3 nitrogen and oxygen atoms in total. The number of hydrogen-bond acceptors (Lipinski definition) is 2. The number of nitrogens with one attached hydrogen (secondary N) is 1. The molecule has 1 N–H and O–H groups in total. The smallest absolute Gasteiger partial charge is 0.418 e. The largest absolute Gasteiger partial charge is 0.484 e. The Morgan fingerprint density at radius 1 is 1.08 bits per heavy atom. The van der Waals surface area contributed by atoms with Crippen LogP contribution in [0.5, 0.6) is 5.75 Å². The van der Waals surface area contributed by atoms with E-state index in [4.69, 9.17) is 4.74 Å². The van der Waals surface area contributed by atoms with Crippen LogP contribution >= 0.6 is 0 Å². The summed E-state index contributed by atoms with van der Waals surface area (Å²) in [6, 6.07) is 10.5. The highest BCUT2D eigenvalue weighted by molar-refractivity contribution is 5.92. The van der Waals surface area contributed by atoms with Crippen LogP contribution < -0.4 is 10.1 Å². The summed E-state index contributed by atoms with van der Waals surface area (Å²) in [4.78, 5) is 11.9. The highest BCUT2D eigenvalue weighted by atomic mass is 19.4. The van der Waals surface area contributed by atoms with Crippen LogP contribution in [0.3, 0.4) is 0 Å². The highest BCUT2D eigenvalue weighted by Gasteiger charge is 2.33. The van der Waals surface area contributed by atoms with E-state index in [1.807, 2.05) is 12.1 Å². The quantitative estimate of drug-likeness (QED) is 0.909. The number of halogens is 3. The highest BCUT2D eigenvalue weighted by Crippen LogP contribution is 2.34. The number of aryl methyl sites for hydroxylation is 2. The molecule has 0 saturated heterocycles. The lowest BCUT2D eigenvalue weighted by Gasteiger charge is -2.14. The molecule has 0 heterocycles. The van der Waals surface area contributed by atoms with E-state index in [9.17, 15) is 18.0 Å². The zero-order valence-electron chi connectivity index (χ0n) is 12.8. The maximum atomic E-state index is 12.9. The van der Waals surface area contributed by atoms with Gasteiger partial charge in [-0.05, 0) is 54.7 Å². The molecule has 0 saturated carbocycles. The van der Waals surface area contributed by atoms with Crippen LogP contribution in [0.25, 0.3) is 0 Å². The van der Waals surface area contributed by atoms with E-state index >= 15 is 0 Å². The Kier molecular flexibility index (Phi) is 4.46. The number of rotatable bonds is 4. The molecule has 0 spiro atoms. The van der Waals surface area contributed by atoms with Crippen molar-refractivity contribution in [1.82, 2.24) is 0 Å². The predicted molar refractivity (Wildman–Crippen MR) is 84.0 cm³/mol. The second-order valence-corrected chi connectivity index (χ2v) is 5.66. The number of fused-ring (bicyclic) bond motifs is 1. The van der Waals surface area contributed by atoms with E-state index in [0.717, 1.165) is 25.3 Å². The molecule has 0 bridgehead atoms. The van der Waals surface area contributed by atoms with Gasteiger partial charge in [0, 0.05) is 0 Å². The van der Waals surface area contributed by atoms with Crippen LogP contribution in [-0.2, 0) is 23.8 Å². The first-order chi connectivity index (χ1) is 11.4. The van der Waals surface area contributed by atoms with Crippen LogP contribution in [-0.4, -0.2) is 12.5 Å². The number of benzene rings is 2. The first kappa shape index (κ1) is 16.4. The molecule has 2 aromatic rings. The molecule has 126 valence electrons. The number of ether oxygens (including phenoxy) is 1. The third-order valence-electron chi connectivity index (χ3n) is 3.95. The van der Waals surface area contributed by atoms with E-state index in [0.29, 0.717) is 5.75 Å². The molecule has 0 fully saturated rings. The van der Waals surface area contributed by atoms with Gasteiger partial charge in [-0.3, -0.25) is 4.79 Å². The Morgan fingerprint density at radius 3 is 2.62 bits per heavy atom. The van der Waals surface area contributed by atoms with Gasteiger partial charge < -0.3 is 10.1 Å². The van der Waals surface area contributed by atoms with Crippen molar-refractivity contribution in [3.63, 3.8) is 0 Å². The van der Waals surface area contributed by atoms with Crippen molar-refractivity contribution in [1.29, 1.82) is 0 Å². The molecular formula is C18H16F3NO2. The predicted octanol–water partition coefficient (Wildman–Crippen LogP) is 4.21. The lowest BCUT2D eigenvalue weighted by atomic mass is 10.1. The van der Waals surface area contributed by atoms with Gasteiger partial charge in [0.05, 0.1) is 11.3 Å². The maximum absolute atomic E-state index is 12.9. The Hall–Kier alpha value is -2.50. The minimum Gasteiger partial charge on any atom is -0.484 e. The van der Waals surface area contributed by atoms with Gasteiger partial charge in [-0.1, -0.05) is 18.2 Å².